The molecule has 168 valence electrons. The van der Waals surface area contributed by atoms with Crippen LogP contribution in [0.3, 0.4) is 0 Å². The monoisotopic (exact) mass is 500 g/mol. The van der Waals surface area contributed by atoms with E-state index in [1.807, 2.05) is 0 Å². The third-order valence-electron chi connectivity index (χ3n) is 4.31. The third kappa shape index (κ3) is 5.95. The number of ether oxygens (including phenoxy) is 1. The van der Waals surface area contributed by atoms with Gasteiger partial charge in [-0.2, -0.15) is 8.78 Å². The average molecular weight is 501 g/mol. The Bertz CT molecular complexity index is 1230. The Balaban J connectivity index is 1.79. The van der Waals surface area contributed by atoms with Crippen molar-refractivity contribution < 1.29 is 26.7 Å². The minimum Gasteiger partial charge on any atom is -0.434 e. The fraction of sp³-hybridized carbons (Fsp3) is 0.0952. The molecule has 0 spiro atoms. The van der Waals surface area contributed by atoms with E-state index in [-0.39, 0.29) is 38.2 Å². The van der Waals surface area contributed by atoms with E-state index in [9.17, 15) is 22.0 Å². The van der Waals surface area contributed by atoms with Crippen LogP contribution < -0.4 is 15.2 Å². The largest absolute Gasteiger partial charge is 0.434 e. The Morgan fingerprint density at radius 1 is 1.03 bits per heavy atom. The number of hydrogen-bond acceptors (Lipinski definition) is 4. The van der Waals surface area contributed by atoms with Crippen LogP contribution in [-0.2, 0) is 21.2 Å². The molecule has 0 aliphatic rings. The highest BCUT2D eigenvalue weighted by Crippen LogP contribution is 2.41. The van der Waals surface area contributed by atoms with Gasteiger partial charge in [0.2, 0.25) is 15.9 Å². The van der Waals surface area contributed by atoms with Crippen molar-refractivity contribution in [2.75, 3.05) is 5.32 Å². The van der Waals surface area contributed by atoms with E-state index in [1.54, 1.807) is 6.07 Å². The number of carbonyl (C=O) groups excluding carboxylic acids is 1. The molecule has 0 aliphatic heterocycles. The smallest absolute Gasteiger partial charge is 0.387 e. The van der Waals surface area contributed by atoms with Gasteiger partial charge in [-0.25, -0.2) is 13.6 Å². The molecule has 0 heterocycles. The van der Waals surface area contributed by atoms with E-state index < -0.39 is 22.5 Å². The number of primary sulfonamides is 1. The van der Waals surface area contributed by atoms with E-state index in [4.69, 9.17) is 28.3 Å². The summed E-state index contributed by atoms with van der Waals surface area (Å²) in [5.41, 5.74) is 1.40. The second-order valence-corrected chi connectivity index (χ2v) is 8.98. The van der Waals surface area contributed by atoms with E-state index in [0.717, 1.165) is 0 Å². The zero-order valence-electron chi connectivity index (χ0n) is 16.2. The molecular formula is C21H16Cl2F2N2O4S. The number of amides is 1. The maximum atomic E-state index is 12.7. The van der Waals surface area contributed by atoms with Crippen LogP contribution in [0.5, 0.6) is 5.75 Å². The molecule has 3 aromatic carbocycles. The molecule has 0 saturated heterocycles. The first-order chi connectivity index (χ1) is 15.0. The maximum absolute atomic E-state index is 12.7. The van der Waals surface area contributed by atoms with Gasteiger partial charge >= 0.3 is 6.61 Å². The summed E-state index contributed by atoms with van der Waals surface area (Å²) in [5, 5.41) is 7.93. The molecule has 0 aliphatic carbocycles. The van der Waals surface area contributed by atoms with Crippen LogP contribution >= 0.6 is 23.2 Å². The predicted octanol–water partition coefficient (Wildman–Crippen LogP) is 5.09. The second kappa shape index (κ2) is 9.83. The van der Waals surface area contributed by atoms with Crippen molar-refractivity contribution in [2.45, 2.75) is 17.9 Å². The summed E-state index contributed by atoms with van der Waals surface area (Å²) < 4.78 is 52.6. The molecule has 0 radical (unpaired) electrons. The molecule has 0 unspecified atom stereocenters. The number of nitrogens with two attached hydrogens (primary N) is 1. The topological polar surface area (TPSA) is 98.5 Å². The number of para-hydroxylation sites is 1. The number of rotatable bonds is 7. The summed E-state index contributed by atoms with van der Waals surface area (Å²) in [5.74, 6) is -0.499. The van der Waals surface area contributed by atoms with Gasteiger partial charge in [0.25, 0.3) is 0 Å². The molecule has 6 nitrogen and oxygen atoms in total. The van der Waals surface area contributed by atoms with Crippen LogP contribution in [0.2, 0.25) is 10.0 Å². The predicted molar refractivity (Wildman–Crippen MR) is 119 cm³/mol. The van der Waals surface area contributed by atoms with Gasteiger partial charge in [-0.05, 0) is 35.9 Å². The van der Waals surface area contributed by atoms with Crippen molar-refractivity contribution in [1.29, 1.82) is 0 Å². The summed E-state index contributed by atoms with van der Waals surface area (Å²) in [6.45, 7) is -3.02. The lowest BCUT2D eigenvalue weighted by Crippen LogP contribution is -2.15. The van der Waals surface area contributed by atoms with Crippen molar-refractivity contribution in [3.05, 3.63) is 76.3 Å². The fourth-order valence-electron chi connectivity index (χ4n) is 2.96. The van der Waals surface area contributed by atoms with Gasteiger partial charge in [-0.3, -0.25) is 4.79 Å². The number of sulfonamides is 1. The van der Waals surface area contributed by atoms with Crippen molar-refractivity contribution in [3.8, 4) is 16.9 Å². The molecule has 0 bridgehead atoms. The van der Waals surface area contributed by atoms with Gasteiger partial charge in [0.15, 0.2) is 0 Å². The summed E-state index contributed by atoms with van der Waals surface area (Å²) >= 11 is 12.7. The number of benzene rings is 3. The third-order valence-corrected chi connectivity index (χ3v) is 5.84. The number of nitrogens with one attached hydrogen (secondary N) is 1. The Hall–Kier alpha value is -2.72. The van der Waals surface area contributed by atoms with Gasteiger partial charge in [0, 0.05) is 16.8 Å². The summed E-state index contributed by atoms with van der Waals surface area (Å²) in [7, 11) is -3.82. The lowest BCUT2D eigenvalue weighted by atomic mass is 10.0. The van der Waals surface area contributed by atoms with Crippen molar-refractivity contribution >= 4 is 44.8 Å². The van der Waals surface area contributed by atoms with E-state index in [0.29, 0.717) is 11.3 Å². The van der Waals surface area contributed by atoms with Gasteiger partial charge in [-0.15, -0.1) is 0 Å². The van der Waals surface area contributed by atoms with Crippen LogP contribution in [0, 0.1) is 0 Å². The molecule has 0 saturated carbocycles. The van der Waals surface area contributed by atoms with Gasteiger partial charge in [0.05, 0.1) is 21.4 Å². The number of anilines is 1. The maximum Gasteiger partial charge on any atom is 0.387 e. The Kier molecular flexibility index (Phi) is 7.35. The second-order valence-electron chi connectivity index (χ2n) is 6.60. The molecule has 3 rings (SSSR count). The zero-order chi connectivity index (χ0) is 23.5. The highest BCUT2D eigenvalue weighted by Gasteiger charge is 2.18. The lowest BCUT2D eigenvalue weighted by molar-refractivity contribution is -0.115. The molecule has 3 aromatic rings. The minimum atomic E-state index is -3.82. The van der Waals surface area contributed by atoms with Crippen LogP contribution in [0.15, 0.2) is 65.6 Å². The van der Waals surface area contributed by atoms with E-state index in [2.05, 4.69) is 10.1 Å². The summed E-state index contributed by atoms with van der Waals surface area (Å²) in [6, 6.07) is 14.5. The average Bonchev–Trinajstić information content (AvgIpc) is 2.68. The van der Waals surface area contributed by atoms with Crippen LogP contribution in [0.4, 0.5) is 14.5 Å². The first kappa shape index (κ1) is 23.9. The fourth-order valence-corrected chi connectivity index (χ4v) is 4.17. The molecular weight excluding hydrogens is 485 g/mol. The van der Waals surface area contributed by atoms with Gasteiger partial charge in [-0.1, -0.05) is 53.5 Å². The van der Waals surface area contributed by atoms with Gasteiger partial charge in [0.1, 0.15) is 5.75 Å². The summed E-state index contributed by atoms with van der Waals surface area (Å²) in [4.78, 5) is 12.3. The van der Waals surface area contributed by atoms with Crippen LogP contribution in [0.25, 0.3) is 11.1 Å². The molecule has 0 aromatic heterocycles. The van der Waals surface area contributed by atoms with E-state index in [1.165, 1.54) is 54.6 Å². The zero-order valence-corrected chi connectivity index (χ0v) is 18.5. The Labute approximate surface area is 193 Å². The first-order valence-corrected chi connectivity index (χ1v) is 11.3. The van der Waals surface area contributed by atoms with Crippen molar-refractivity contribution in [1.82, 2.24) is 0 Å². The first-order valence-electron chi connectivity index (χ1n) is 8.99. The minimum absolute atomic E-state index is 0.0487. The SMILES string of the molecule is NS(=O)(=O)c1ccc(CC(=O)Nc2cc(Cl)c(-c3ccccc3OC(F)F)c(Cl)c2)cc1. The van der Waals surface area contributed by atoms with Crippen molar-refractivity contribution in [2.24, 2.45) is 5.14 Å². The molecule has 0 atom stereocenters. The Morgan fingerprint density at radius 3 is 2.19 bits per heavy atom. The highest BCUT2D eigenvalue weighted by molar-refractivity contribution is 7.89. The van der Waals surface area contributed by atoms with Crippen molar-refractivity contribution in [3.63, 3.8) is 0 Å². The molecule has 0 fully saturated rings. The highest BCUT2D eigenvalue weighted by atomic mass is 35.5. The normalized spacial score (nSPS) is 11.4. The van der Waals surface area contributed by atoms with E-state index >= 15 is 0 Å². The Morgan fingerprint density at radius 2 is 1.62 bits per heavy atom. The number of carbonyl (C=O) groups is 1. The van der Waals surface area contributed by atoms with Crippen LogP contribution in [0.1, 0.15) is 5.56 Å². The molecule has 32 heavy (non-hydrogen) atoms. The number of halogens is 4. The van der Waals surface area contributed by atoms with Gasteiger partial charge < -0.3 is 10.1 Å². The quantitative estimate of drug-likeness (QED) is 0.471. The lowest BCUT2D eigenvalue weighted by Gasteiger charge is -2.15. The van der Waals surface area contributed by atoms with Crippen LogP contribution in [-0.4, -0.2) is 20.9 Å². The summed E-state index contributed by atoms with van der Waals surface area (Å²) in [6.07, 6.45) is -0.0487. The number of hydrogen-bond donors (Lipinski definition) is 2. The standard InChI is InChI=1S/C21H16Cl2F2N2O4S/c22-16-10-13(27-19(28)9-12-5-7-14(8-6-12)32(26,29)30)11-17(23)20(16)15-3-1-2-4-18(15)31-21(24)25/h1-8,10-11,21H,9H2,(H,27,28)(H2,26,29,30). The molecule has 3 N–H and O–H groups in total. The molecule has 11 heteroatoms. The number of alkyl halides is 2. The molecule has 1 amide bonds.